The van der Waals surface area contributed by atoms with Crippen LogP contribution in [0.4, 0.5) is 0 Å². The Labute approximate surface area is 135 Å². The predicted octanol–water partition coefficient (Wildman–Crippen LogP) is 2.72. The van der Waals surface area contributed by atoms with Crippen molar-refractivity contribution in [2.75, 3.05) is 27.7 Å². The van der Waals surface area contributed by atoms with Crippen LogP contribution in [-0.4, -0.2) is 38.6 Å². The van der Waals surface area contributed by atoms with Crippen molar-refractivity contribution < 1.29 is 9.53 Å². The SMILES string of the molecule is COc1ccc(CC(=O)NC[C@@H](c2cccs2)N(C)C)cc1. The molecule has 1 heterocycles. The highest BCUT2D eigenvalue weighted by molar-refractivity contribution is 7.10. The number of carbonyl (C=O) groups excluding carboxylic acids is 1. The summed E-state index contributed by atoms with van der Waals surface area (Å²) in [6, 6.07) is 11.9. The molecule has 1 atom stereocenters. The third-order valence-corrected chi connectivity index (χ3v) is 4.48. The lowest BCUT2D eigenvalue weighted by atomic mass is 10.1. The zero-order valence-electron chi connectivity index (χ0n) is 13.2. The molecule has 0 radical (unpaired) electrons. The molecule has 0 fully saturated rings. The smallest absolute Gasteiger partial charge is 0.224 e. The number of methoxy groups -OCH3 is 1. The Hall–Kier alpha value is -1.85. The Kier molecular flexibility index (Phi) is 5.98. The fourth-order valence-electron chi connectivity index (χ4n) is 2.22. The molecule has 0 unspecified atom stereocenters. The molecule has 0 saturated carbocycles. The Morgan fingerprint density at radius 2 is 2.00 bits per heavy atom. The topological polar surface area (TPSA) is 41.6 Å². The average molecular weight is 318 g/mol. The number of hydrogen-bond acceptors (Lipinski definition) is 4. The van der Waals surface area contributed by atoms with Crippen LogP contribution in [0, 0.1) is 0 Å². The molecule has 0 aliphatic heterocycles. The zero-order chi connectivity index (χ0) is 15.9. The van der Waals surface area contributed by atoms with E-state index in [1.807, 2.05) is 44.4 Å². The first-order valence-corrected chi connectivity index (χ1v) is 8.07. The Balaban J connectivity index is 1.88. The Morgan fingerprint density at radius 1 is 1.27 bits per heavy atom. The molecule has 118 valence electrons. The van der Waals surface area contributed by atoms with Crippen LogP contribution in [0.25, 0.3) is 0 Å². The monoisotopic (exact) mass is 318 g/mol. The number of amides is 1. The van der Waals surface area contributed by atoms with Gasteiger partial charge in [-0.3, -0.25) is 4.79 Å². The van der Waals surface area contributed by atoms with Crippen LogP contribution in [-0.2, 0) is 11.2 Å². The molecule has 1 aromatic heterocycles. The minimum absolute atomic E-state index is 0.0357. The highest BCUT2D eigenvalue weighted by Crippen LogP contribution is 2.22. The third kappa shape index (κ3) is 4.58. The molecule has 0 spiro atoms. The number of ether oxygens (including phenoxy) is 1. The fraction of sp³-hybridized carbons (Fsp3) is 0.353. The Bertz CT molecular complexity index is 579. The van der Waals surface area contributed by atoms with E-state index in [0.717, 1.165) is 11.3 Å². The summed E-state index contributed by atoms with van der Waals surface area (Å²) in [4.78, 5) is 15.5. The Morgan fingerprint density at radius 3 is 2.55 bits per heavy atom. The van der Waals surface area contributed by atoms with Gasteiger partial charge >= 0.3 is 0 Å². The van der Waals surface area contributed by atoms with Gasteiger partial charge in [0.05, 0.1) is 19.6 Å². The van der Waals surface area contributed by atoms with Gasteiger partial charge in [0.2, 0.25) is 5.91 Å². The van der Waals surface area contributed by atoms with E-state index in [1.54, 1.807) is 18.4 Å². The summed E-state index contributed by atoms with van der Waals surface area (Å²) in [5, 5.41) is 5.08. The molecule has 1 aromatic carbocycles. The van der Waals surface area contributed by atoms with Gasteiger partial charge in [-0.25, -0.2) is 0 Å². The van der Waals surface area contributed by atoms with Crippen molar-refractivity contribution in [1.82, 2.24) is 10.2 Å². The number of nitrogens with zero attached hydrogens (tertiary/aromatic N) is 1. The van der Waals surface area contributed by atoms with Crippen LogP contribution < -0.4 is 10.1 Å². The minimum Gasteiger partial charge on any atom is -0.497 e. The van der Waals surface area contributed by atoms with E-state index in [1.165, 1.54) is 4.88 Å². The number of nitrogens with one attached hydrogen (secondary N) is 1. The second-order valence-corrected chi connectivity index (χ2v) is 6.30. The predicted molar refractivity (Wildman–Crippen MR) is 90.5 cm³/mol. The second kappa shape index (κ2) is 7.96. The number of benzene rings is 1. The first-order valence-electron chi connectivity index (χ1n) is 7.19. The van der Waals surface area contributed by atoms with Gasteiger partial charge in [-0.2, -0.15) is 0 Å². The van der Waals surface area contributed by atoms with Crippen LogP contribution in [0.2, 0.25) is 0 Å². The van der Waals surface area contributed by atoms with Gasteiger partial charge < -0.3 is 15.0 Å². The summed E-state index contributed by atoms with van der Waals surface area (Å²) in [5.41, 5.74) is 0.982. The van der Waals surface area contributed by atoms with Crippen molar-refractivity contribution in [2.24, 2.45) is 0 Å². The van der Waals surface area contributed by atoms with Gasteiger partial charge in [-0.15, -0.1) is 11.3 Å². The minimum atomic E-state index is 0.0357. The number of hydrogen-bond donors (Lipinski definition) is 1. The molecule has 0 bridgehead atoms. The first kappa shape index (κ1) is 16.5. The summed E-state index contributed by atoms with van der Waals surface area (Å²) in [6.07, 6.45) is 0.384. The molecule has 1 N–H and O–H groups in total. The lowest BCUT2D eigenvalue weighted by Gasteiger charge is -2.23. The van der Waals surface area contributed by atoms with Gasteiger partial charge in [0.1, 0.15) is 5.75 Å². The highest BCUT2D eigenvalue weighted by Gasteiger charge is 2.16. The summed E-state index contributed by atoms with van der Waals surface area (Å²) in [5.74, 6) is 0.836. The molecule has 0 aliphatic carbocycles. The molecule has 0 aliphatic rings. The molecular formula is C17H22N2O2S. The maximum absolute atomic E-state index is 12.1. The molecule has 2 aromatic rings. The third-order valence-electron chi connectivity index (χ3n) is 3.51. The first-order chi connectivity index (χ1) is 10.6. The van der Waals surface area contributed by atoms with Gasteiger partial charge in [0, 0.05) is 11.4 Å². The van der Waals surface area contributed by atoms with Crippen molar-refractivity contribution in [3.8, 4) is 5.75 Å². The van der Waals surface area contributed by atoms with E-state index in [0.29, 0.717) is 13.0 Å². The largest absolute Gasteiger partial charge is 0.497 e. The van der Waals surface area contributed by atoms with Crippen LogP contribution in [0.3, 0.4) is 0 Å². The van der Waals surface area contributed by atoms with Crippen LogP contribution >= 0.6 is 11.3 Å². The van der Waals surface area contributed by atoms with Gasteiger partial charge in [-0.1, -0.05) is 18.2 Å². The van der Waals surface area contributed by atoms with Crippen molar-refractivity contribution in [1.29, 1.82) is 0 Å². The van der Waals surface area contributed by atoms with Gasteiger partial charge in [0.15, 0.2) is 0 Å². The van der Waals surface area contributed by atoms with Crippen molar-refractivity contribution in [3.05, 3.63) is 52.2 Å². The number of likely N-dealkylation sites (N-methyl/N-ethyl adjacent to an activating group) is 1. The van der Waals surface area contributed by atoms with E-state index in [4.69, 9.17) is 4.74 Å². The van der Waals surface area contributed by atoms with E-state index < -0.39 is 0 Å². The summed E-state index contributed by atoms with van der Waals surface area (Å²) in [6.45, 7) is 0.614. The summed E-state index contributed by atoms with van der Waals surface area (Å²) >= 11 is 1.71. The lowest BCUT2D eigenvalue weighted by molar-refractivity contribution is -0.120. The average Bonchev–Trinajstić information content (AvgIpc) is 3.02. The number of rotatable bonds is 7. The van der Waals surface area contributed by atoms with Crippen molar-refractivity contribution >= 4 is 17.2 Å². The van der Waals surface area contributed by atoms with Crippen molar-refractivity contribution in [3.63, 3.8) is 0 Å². The molecule has 4 nitrogen and oxygen atoms in total. The molecular weight excluding hydrogens is 296 g/mol. The fourth-order valence-corrected chi connectivity index (χ4v) is 3.14. The zero-order valence-corrected chi connectivity index (χ0v) is 14.0. The van der Waals surface area contributed by atoms with Crippen LogP contribution in [0.5, 0.6) is 5.75 Å². The van der Waals surface area contributed by atoms with E-state index >= 15 is 0 Å². The molecule has 22 heavy (non-hydrogen) atoms. The molecule has 5 heteroatoms. The maximum atomic E-state index is 12.1. The molecule has 2 rings (SSSR count). The van der Waals surface area contributed by atoms with Crippen LogP contribution in [0.1, 0.15) is 16.5 Å². The normalized spacial score (nSPS) is 12.2. The summed E-state index contributed by atoms with van der Waals surface area (Å²) in [7, 11) is 5.69. The second-order valence-electron chi connectivity index (χ2n) is 5.32. The quantitative estimate of drug-likeness (QED) is 0.853. The summed E-state index contributed by atoms with van der Waals surface area (Å²) < 4.78 is 5.12. The van der Waals surface area contributed by atoms with E-state index in [-0.39, 0.29) is 11.9 Å². The van der Waals surface area contributed by atoms with E-state index in [2.05, 4.69) is 21.7 Å². The van der Waals surface area contributed by atoms with Gasteiger partial charge in [0.25, 0.3) is 0 Å². The van der Waals surface area contributed by atoms with E-state index in [9.17, 15) is 4.79 Å². The molecule has 0 saturated heterocycles. The highest BCUT2D eigenvalue weighted by atomic mass is 32.1. The lowest BCUT2D eigenvalue weighted by Crippen LogP contribution is -2.34. The standard InChI is InChI=1S/C17H22N2O2S/c1-19(2)15(16-5-4-10-22-16)12-18-17(20)11-13-6-8-14(21-3)9-7-13/h4-10,15H,11-12H2,1-3H3,(H,18,20)/t15-/m0/s1. The van der Waals surface area contributed by atoms with Gasteiger partial charge in [-0.05, 0) is 43.2 Å². The van der Waals surface area contributed by atoms with Crippen LogP contribution in [0.15, 0.2) is 41.8 Å². The maximum Gasteiger partial charge on any atom is 0.224 e. The van der Waals surface area contributed by atoms with Crippen molar-refractivity contribution in [2.45, 2.75) is 12.5 Å². The molecule has 1 amide bonds. The number of carbonyl (C=O) groups is 1. The number of thiophene rings is 1.